The van der Waals surface area contributed by atoms with Crippen LogP contribution in [0.3, 0.4) is 0 Å². The fourth-order valence-electron chi connectivity index (χ4n) is 2.82. The van der Waals surface area contributed by atoms with Gasteiger partial charge in [-0.15, -0.1) is 11.3 Å². The van der Waals surface area contributed by atoms with Gasteiger partial charge in [0.15, 0.2) is 0 Å². The molecule has 21 heavy (non-hydrogen) atoms. The number of methoxy groups -OCH3 is 1. The lowest BCUT2D eigenvalue weighted by atomic mass is 10.1. The summed E-state index contributed by atoms with van der Waals surface area (Å²) in [6, 6.07) is 0. The highest BCUT2D eigenvalue weighted by molar-refractivity contribution is 7.18. The first-order valence-electron chi connectivity index (χ1n) is 7.25. The second kappa shape index (κ2) is 6.16. The van der Waals surface area contributed by atoms with E-state index in [-0.39, 0.29) is 0 Å². The minimum atomic E-state index is 0.399. The fourth-order valence-corrected chi connectivity index (χ4v) is 4.25. The Morgan fingerprint density at radius 1 is 1.29 bits per heavy atom. The van der Waals surface area contributed by atoms with E-state index in [1.165, 1.54) is 10.4 Å². The lowest BCUT2D eigenvalue weighted by Crippen LogP contribution is -2.36. The Morgan fingerprint density at radius 2 is 2.00 bits per heavy atom. The largest absolute Gasteiger partial charge is 0.381 e. The number of aromatic nitrogens is 2. The average molecular weight is 326 g/mol. The van der Waals surface area contributed by atoms with Crippen LogP contribution in [0.5, 0.6) is 0 Å². The maximum atomic E-state index is 6.36. The molecule has 0 amide bonds. The zero-order valence-electron chi connectivity index (χ0n) is 12.6. The first-order valence-corrected chi connectivity index (χ1v) is 8.45. The van der Waals surface area contributed by atoms with Crippen LogP contribution < -0.4 is 0 Å². The Kier molecular flexibility index (Phi) is 4.45. The highest BCUT2D eigenvalue weighted by Crippen LogP contribution is 2.33. The van der Waals surface area contributed by atoms with Crippen molar-refractivity contribution in [2.75, 3.05) is 20.2 Å². The average Bonchev–Trinajstić information content (AvgIpc) is 2.75. The molecule has 1 aliphatic rings. The van der Waals surface area contributed by atoms with E-state index in [0.717, 1.165) is 48.5 Å². The first-order chi connectivity index (χ1) is 10.1. The Bertz CT molecular complexity index is 650. The molecule has 0 aromatic carbocycles. The van der Waals surface area contributed by atoms with Crippen LogP contribution in [0.1, 0.15) is 29.1 Å². The summed E-state index contributed by atoms with van der Waals surface area (Å²) in [6.07, 6.45) is 2.55. The number of rotatable bonds is 3. The smallest absolute Gasteiger partial charge is 0.145 e. The Morgan fingerprint density at radius 3 is 2.67 bits per heavy atom. The van der Waals surface area contributed by atoms with Crippen LogP contribution in [0, 0.1) is 13.8 Å². The topological polar surface area (TPSA) is 38.2 Å². The van der Waals surface area contributed by atoms with Crippen LogP contribution in [-0.4, -0.2) is 41.2 Å². The van der Waals surface area contributed by atoms with Gasteiger partial charge in [0.25, 0.3) is 0 Å². The summed E-state index contributed by atoms with van der Waals surface area (Å²) in [7, 11) is 1.79. The fraction of sp³-hybridized carbons (Fsp3) is 0.600. The molecule has 2 aromatic heterocycles. The highest BCUT2D eigenvalue weighted by Gasteiger charge is 2.20. The van der Waals surface area contributed by atoms with Gasteiger partial charge in [0.2, 0.25) is 0 Å². The number of hydrogen-bond acceptors (Lipinski definition) is 5. The number of nitrogens with zero attached hydrogens (tertiary/aromatic N) is 3. The predicted molar refractivity (Wildman–Crippen MR) is 87.2 cm³/mol. The molecule has 6 heteroatoms. The molecule has 1 fully saturated rings. The molecule has 2 aromatic rings. The third-order valence-corrected chi connectivity index (χ3v) is 5.64. The Hall–Kier alpha value is -0.750. The molecule has 0 aliphatic carbocycles. The van der Waals surface area contributed by atoms with Gasteiger partial charge in [-0.3, -0.25) is 4.90 Å². The number of halogens is 1. The molecular formula is C15H20ClN3OS. The monoisotopic (exact) mass is 325 g/mol. The molecule has 0 unspecified atom stereocenters. The normalized spacial score (nSPS) is 17.7. The molecule has 114 valence electrons. The van der Waals surface area contributed by atoms with Crippen molar-refractivity contribution >= 4 is 33.2 Å². The van der Waals surface area contributed by atoms with Crippen molar-refractivity contribution in [1.29, 1.82) is 0 Å². The van der Waals surface area contributed by atoms with Crippen LogP contribution in [-0.2, 0) is 11.3 Å². The molecule has 0 N–H and O–H groups in total. The third-order valence-electron chi connectivity index (χ3n) is 4.26. The van der Waals surface area contributed by atoms with E-state index in [1.807, 2.05) is 0 Å². The van der Waals surface area contributed by atoms with E-state index >= 15 is 0 Å². The van der Waals surface area contributed by atoms with Crippen LogP contribution in [0.25, 0.3) is 10.2 Å². The van der Waals surface area contributed by atoms with Crippen molar-refractivity contribution in [2.24, 2.45) is 0 Å². The molecule has 0 saturated carbocycles. The van der Waals surface area contributed by atoms with Gasteiger partial charge in [-0.05, 0) is 32.3 Å². The van der Waals surface area contributed by atoms with E-state index in [9.17, 15) is 0 Å². The summed E-state index contributed by atoms with van der Waals surface area (Å²) in [4.78, 5) is 13.8. The SMILES string of the molecule is COC1CCN(Cc2nc(Cl)c3c(C)c(C)sc3n2)CC1. The van der Waals surface area contributed by atoms with Gasteiger partial charge in [0.05, 0.1) is 18.0 Å². The Balaban J connectivity index is 1.79. The van der Waals surface area contributed by atoms with Crippen molar-refractivity contribution in [3.05, 3.63) is 21.4 Å². The van der Waals surface area contributed by atoms with Crippen molar-refractivity contribution < 1.29 is 4.74 Å². The van der Waals surface area contributed by atoms with Crippen molar-refractivity contribution in [2.45, 2.75) is 39.3 Å². The van der Waals surface area contributed by atoms with Gasteiger partial charge >= 0.3 is 0 Å². The van der Waals surface area contributed by atoms with Gasteiger partial charge in [0, 0.05) is 25.1 Å². The number of thiophene rings is 1. The van der Waals surface area contributed by atoms with Gasteiger partial charge in [-0.2, -0.15) is 0 Å². The number of aryl methyl sites for hydroxylation is 2. The lowest BCUT2D eigenvalue weighted by Gasteiger charge is -2.30. The van der Waals surface area contributed by atoms with E-state index in [4.69, 9.17) is 21.3 Å². The van der Waals surface area contributed by atoms with Crippen molar-refractivity contribution in [3.63, 3.8) is 0 Å². The highest BCUT2D eigenvalue weighted by atomic mass is 35.5. The van der Waals surface area contributed by atoms with Gasteiger partial charge in [0.1, 0.15) is 15.8 Å². The standard InChI is InChI=1S/C15H20ClN3OS/c1-9-10(2)21-15-13(9)14(16)17-12(18-15)8-19-6-4-11(20-3)5-7-19/h11H,4-8H2,1-3H3. The number of piperidine rings is 1. The molecule has 0 spiro atoms. The van der Waals surface area contributed by atoms with Crippen LogP contribution in [0.15, 0.2) is 0 Å². The number of ether oxygens (including phenoxy) is 1. The second-order valence-electron chi connectivity index (χ2n) is 5.61. The molecule has 0 atom stereocenters. The minimum Gasteiger partial charge on any atom is -0.381 e. The zero-order valence-corrected chi connectivity index (χ0v) is 14.2. The third kappa shape index (κ3) is 3.06. The van der Waals surface area contributed by atoms with Gasteiger partial charge < -0.3 is 4.74 Å². The second-order valence-corrected chi connectivity index (χ2v) is 7.17. The van der Waals surface area contributed by atoms with Crippen molar-refractivity contribution in [1.82, 2.24) is 14.9 Å². The molecular weight excluding hydrogens is 306 g/mol. The first kappa shape index (κ1) is 15.2. The minimum absolute atomic E-state index is 0.399. The van der Waals surface area contributed by atoms with Crippen LogP contribution in [0.4, 0.5) is 0 Å². The van der Waals surface area contributed by atoms with Crippen LogP contribution in [0.2, 0.25) is 5.15 Å². The summed E-state index contributed by atoms with van der Waals surface area (Å²) in [5.41, 5.74) is 1.20. The molecule has 3 rings (SSSR count). The molecule has 4 nitrogen and oxygen atoms in total. The van der Waals surface area contributed by atoms with Gasteiger partial charge in [-0.1, -0.05) is 11.6 Å². The van der Waals surface area contributed by atoms with Crippen molar-refractivity contribution in [3.8, 4) is 0 Å². The zero-order chi connectivity index (χ0) is 15.0. The summed E-state index contributed by atoms with van der Waals surface area (Å²) in [6.45, 7) is 7.01. The molecule has 3 heterocycles. The van der Waals surface area contributed by atoms with Crippen LogP contribution >= 0.6 is 22.9 Å². The van der Waals surface area contributed by atoms with E-state index in [1.54, 1.807) is 18.4 Å². The molecule has 1 aliphatic heterocycles. The summed E-state index contributed by atoms with van der Waals surface area (Å²) in [5, 5.41) is 1.60. The molecule has 0 bridgehead atoms. The molecule has 1 saturated heterocycles. The summed E-state index contributed by atoms with van der Waals surface area (Å²) < 4.78 is 5.40. The van der Waals surface area contributed by atoms with Gasteiger partial charge in [-0.25, -0.2) is 9.97 Å². The molecule has 0 radical (unpaired) electrons. The van der Waals surface area contributed by atoms with E-state index < -0.39 is 0 Å². The Labute approximate surface area is 134 Å². The summed E-state index contributed by atoms with van der Waals surface area (Å²) >= 11 is 8.06. The maximum absolute atomic E-state index is 6.36. The number of hydrogen-bond donors (Lipinski definition) is 0. The van der Waals surface area contributed by atoms with E-state index in [0.29, 0.717) is 11.3 Å². The number of likely N-dealkylation sites (tertiary alicyclic amines) is 1. The number of fused-ring (bicyclic) bond motifs is 1. The van der Waals surface area contributed by atoms with E-state index in [2.05, 4.69) is 23.7 Å². The maximum Gasteiger partial charge on any atom is 0.145 e. The lowest BCUT2D eigenvalue weighted by molar-refractivity contribution is 0.0382. The quantitative estimate of drug-likeness (QED) is 0.809. The summed E-state index contributed by atoms with van der Waals surface area (Å²) in [5.74, 6) is 0.824. The predicted octanol–water partition coefficient (Wildman–Crippen LogP) is 3.57.